The Hall–Kier alpha value is -2.15. The molecule has 1 fully saturated rings. The molecule has 0 aliphatic carbocycles. The highest BCUT2D eigenvalue weighted by Crippen LogP contribution is 2.24. The fraction of sp³-hybridized carbons (Fsp3) is 0.462. The highest BCUT2D eigenvalue weighted by Gasteiger charge is 2.25. The van der Waals surface area contributed by atoms with Crippen LogP contribution in [-0.4, -0.2) is 42.0 Å². The van der Waals surface area contributed by atoms with Gasteiger partial charge in [0.1, 0.15) is 5.69 Å². The van der Waals surface area contributed by atoms with Crippen LogP contribution in [0.5, 0.6) is 0 Å². The summed E-state index contributed by atoms with van der Waals surface area (Å²) in [6.45, 7) is 1.19. The van der Waals surface area contributed by atoms with Gasteiger partial charge in [-0.3, -0.25) is 14.9 Å². The number of likely N-dealkylation sites (tertiary alicyclic amines) is 1. The van der Waals surface area contributed by atoms with Gasteiger partial charge in [0.05, 0.1) is 11.0 Å². The molecule has 2 rings (SSSR count). The number of anilines is 1. The van der Waals surface area contributed by atoms with Gasteiger partial charge in [-0.05, 0) is 25.0 Å². The van der Waals surface area contributed by atoms with Crippen LogP contribution in [0.1, 0.15) is 23.2 Å². The molecular formula is C13H17N3O4. The third kappa shape index (κ3) is 2.88. The minimum absolute atomic E-state index is 0.0599. The predicted octanol–water partition coefficient (Wildman–Crippen LogP) is 1.43. The van der Waals surface area contributed by atoms with Gasteiger partial charge in [0.15, 0.2) is 0 Å². The number of amides is 1. The molecular weight excluding hydrogens is 262 g/mol. The average Bonchev–Trinajstić information content (AvgIpc) is 2.47. The number of carbonyl (C=O) groups excluding carboxylic acids is 1. The summed E-state index contributed by atoms with van der Waals surface area (Å²) in [4.78, 5) is 24.2. The number of ether oxygens (including phenoxy) is 1. The summed E-state index contributed by atoms with van der Waals surface area (Å²) < 4.78 is 5.25. The standard InChI is InChI=1S/C13H17N3O4/c1-20-10-4-6-15(7-5-10)13(17)9-2-3-11(14)12(8-9)16(18)19/h2-3,8,10H,4-7,14H2,1H3. The lowest BCUT2D eigenvalue weighted by Gasteiger charge is -2.31. The Bertz CT molecular complexity index is 524. The summed E-state index contributed by atoms with van der Waals surface area (Å²) in [7, 11) is 1.66. The topological polar surface area (TPSA) is 98.7 Å². The summed E-state index contributed by atoms with van der Waals surface area (Å²) in [5.41, 5.74) is 5.64. The Kier molecular flexibility index (Phi) is 4.19. The number of piperidine rings is 1. The van der Waals surface area contributed by atoms with E-state index in [-0.39, 0.29) is 23.4 Å². The van der Waals surface area contributed by atoms with Crippen LogP contribution in [0.2, 0.25) is 0 Å². The highest BCUT2D eigenvalue weighted by atomic mass is 16.6. The molecule has 1 amide bonds. The zero-order chi connectivity index (χ0) is 14.7. The third-order valence-corrected chi connectivity index (χ3v) is 3.54. The number of hydrogen-bond acceptors (Lipinski definition) is 5. The minimum atomic E-state index is -0.580. The molecule has 20 heavy (non-hydrogen) atoms. The Labute approximate surface area is 116 Å². The monoisotopic (exact) mass is 279 g/mol. The van der Waals surface area contributed by atoms with Gasteiger partial charge >= 0.3 is 0 Å². The normalized spacial score (nSPS) is 16.1. The molecule has 7 nitrogen and oxygen atoms in total. The van der Waals surface area contributed by atoms with Crippen LogP contribution in [0.3, 0.4) is 0 Å². The van der Waals surface area contributed by atoms with Gasteiger partial charge in [0.25, 0.3) is 11.6 Å². The van der Waals surface area contributed by atoms with Crippen molar-refractivity contribution in [2.45, 2.75) is 18.9 Å². The molecule has 0 aromatic heterocycles. The number of nitrogens with two attached hydrogens (primary N) is 1. The molecule has 0 radical (unpaired) electrons. The molecule has 7 heteroatoms. The van der Waals surface area contributed by atoms with Gasteiger partial charge in [-0.1, -0.05) is 0 Å². The van der Waals surface area contributed by atoms with Crippen LogP contribution in [-0.2, 0) is 4.74 Å². The maximum absolute atomic E-state index is 12.3. The van der Waals surface area contributed by atoms with Crippen molar-refractivity contribution in [1.82, 2.24) is 4.90 Å². The maximum Gasteiger partial charge on any atom is 0.292 e. The molecule has 2 N–H and O–H groups in total. The molecule has 1 aromatic rings. The van der Waals surface area contributed by atoms with Crippen LogP contribution in [0, 0.1) is 10.1 Å². The molecule has 1 heterocycles. The molecule has 1 aliphatic rings. The number of hydrogen-bond donors (Lipinski definition) is 1. The van der Waals surface area contributed by atoms with Crippen molar-refractivity contribution in [2.24, 2.45) is 0 Å². The van der Waals surface area contributed by atoms with Crippen LogP contribution in [0.25, 0.3) is 0 Å². The minimum Gasteiger partial charge on any atom is -0.393 e. The quantitative estimate of drug-likeness (QED) is 0.512. The van der Waals surface area contributed by atoms with E-state index >= 15 is 0 Å². The highest BCUT2D eigenvalue weighted by molar-refractivity contribution is 5.95. The van der Waals surface area contributed by atoms with Gasteiger partial charge in [0.2, 0.25) is 0 Å². The lowest BCUT2D eigenvalue weighted by Crippen LogP contribution is -2.40. The molecule has 0 saturated carbocycles. The fourth-order valence-corrected chi connectivity index (χ4v) is 2.31. The second-order valence-corrected chi connectivity index (χ2v) is 4.76. The zero-order valence-corrected chi connectivity index (χ0v) is 11.2. The van der Waals surface area contributed by atoms with Crippen molar-refractivity contribution >= 4 is 17.3 Å². The fourth-order valence-electron chi connectivity index (χ4n) is 2.31. The van der Waals surface area contributed by atoms with Crippen molar-refractivity contribution in [1.29, 1.82) is 0 Å². The number of nitrogens with zero attached hydrogens (tertiary/aromatic N) is 2. The Morgan fingerprint density at radius 3 is 2.65 bits per heavy atom. The second kappa shape index (κ2) is 5.87. The Balaban J connectivity index is 2.14. The van der Waals surface area contributed by atoms with E-state index in [2.05, 4.69) is 0 Å². The summed E-state index contributed by atoms with van der Waals surface area (Å²) in [6, 6.07) is 4.15. The summed E-state index contributed by atoms with van der Waals surface area (Å²) >= 11 is 0. The van der Waals surface area contributed by atoms with E-state index < -0.39 is 4.92 Å². The van der Waals surface area contributed by atoms with E-state index in [0.29, 0.717) is 18.7 Å². The number of methoxy groups -OCH3 is 1. The molecule has 0 spiro atoms. The van der Waals surface area contributed by atoms with Crippen LogP contribution in [0.4, 0.5) is 11.4 Å². The summed E-state index contributed by atoms with van der Waals surface area (Å²) in [5.74, 6) is -0.206. The van der Waals surface area contributed by atoms with Crippen LogP contribution >= 0.6 is 0 Å². The predicted molar refractivity (Wildman–Crippen MR) is 73.4 cm³/mol. The molecule has 1 aliphatic heterocycles. The number of nitrogen functional groups attached to an aromatic ring is 1. The molecule has 1 aromatic carbocycles. The van der Waals surface area contributed by atoms with E-state index in [4.69, 9.17) is 10.5 Å². The molecule has 0 atom stereocenters. The van der Waals surface area contributed by atoms with Gasteiger partial charge in [-0.25, -0.2) is 0 Å². The first-order chi connectivity index (χ1) is 9.52. The first-order valence-corrected chi connectivity index (χ1v) is 6.39. The number of nitro groups is 1. The van der Waals surface area contributed by atoms with E-state index in [1.807, 2.05) is 0 Å². The summed E-state index contributed by atoms with van der Waals surface area (Å²) in [5, 5.41) is 10.8. The van der Waals surface area contributed by atoms with Crippen molar-refractivity contribution in [3.8, 4) is 0 Å². The first kappa shape index (κ1) is 14.3. The van der Waals surface area contributed by atoms with Crippen molar-refractivity contribution in [2.75, 3.05) is 25.9 Å². The van der Waals surface area contributed by atoms with Crippen molar-refractivity contribution in [3.05, 3.63) is 33.9 Å². The maximum atomic E-state index is 12.3. The SMILES string of the molecule is COC1CCN(C(=O)c2ccc(N)c([N+](=O)[O-])c2)CC1. The molecule has 0 bridgehead atoms. The Morgan fingerprint density at radius 2 is 2.10 bits per heavy atom. The van der Waals surface area contributed by atoms with Gasteiger partial charge < -0.3 is 15.4 Å². The zero-order valence-electron chi connectivity index (χ0n) is 11.2. The van der Waals surface area contributed by atoms with Gasteiger partial charge in [-0.15, -0.1) is 0 Å². The van der Waals surface area contributed by atoms with Crippen molar-refractivity contribution < 1.29 is 14.5 Å². The number of rotatable bonds is 3. The van der Waals surface area contributed by atoms with E-state index in [0.717, 1.165) is 12.8 Å². The van der Waals surface area contributed by atoms with Crippen LogP contribution in [0.15, 0.2) is 18.2 Å². The molecule has 1 saturated heterocycles. The number of carbonyl (C=O) groups is 1. The third-order valence-electron chi connectivity index (χ3n) is 3.54. The lowest BCUT2D eigenvalue weighted by molar-refractivity contribution is -0.383. The van der Waals surface area contributed by atoms with Gasteiger partial charge in [-0.2, -0.15) is 0 Å². The molecule has 108 valence electrons. The van der Waals surface area contributed by atoms with E-state index in [1.165, 1.54) is 18.2 Å². The molecule has 0 unspecified atom stereocenters. The number of benzene rings is 1. The average molecular weight is 279 g/mol. The second-order valence-electron chi connectivity index (χ2n) is 4.76. The van der Waals surface area contributed by atoms with E-state index in [9.17, 15) is 14.9 Å². The van der Waals surface area contributed by atoms with Gasteiger partial charge in [0, 0.05) is 31.8 Å². The largest absolute Gasteiger partial charge is 0.393 e. The van der Waals surface area contributed by atoms with Crippen LogP contribution < -0.4 is 5.73 Å². The van der Waals surface area contributed by atoms with E-state index in [1.54, 1.807) is 12.0 Å². The Morgan fingerprint density at radius 1 is 1.45 bits per heavy atom. The lowest BCUT2D eigenvalue weighted by atomic mass is 10.1. The van der Waals surface area contributed by atoms with Crippen molar-refractivity contribution in [3.63, 3.8) is 0 Å². The first-order valence-electron chi connectivity index (χ1n) is 6.39. The summed E-state index contributed by atoms with van der Waals surface area (Å²) in [6.07, 6.45) is 1.73. The number of nitro benzene ring substituents is 1. The smallest absolute Gasteiger partial charge is 0.292 e.